The number of nitrogens with one attached hydrogen (secondary N) is 1. The highest BCUT2D eigenvalue weighted by Crippen LogP contribution is 2.47. The van der Waals surface area contributed by atoms with Crippen LogP contribution in [0.4, 0.5) is 0 Å². The second-order valence-corrected chi connectivity index (χ2v) is 13.0. The molecule has 3 aliphatic rings. The number of hydrogen-bond acceptors (Lipinski definition) is 8. The van der Waals surface area contributed by atoms with Gasteiger partial charge in [0.25, 0.3) is 0 Å². The standard InChI is InChI=1S/C27H30BrN3O8S/c1-38-26(34)23-20-9-10-21(24(23)27(35)39-2)31(20)22(32)14-30-11-3-4-19(25(30)33)29-40(36,37)18-8-6-15-12-17(28)7-5-16(15)13-18/h5-8,12-13,19-21,23-24,29H,3-4,9-11,14H2,1-2H3/t19-,20?,21?,23?,24?/m0/s1. The minimum Gasteiger partial charge on any atom is -0.469 e. The largest absolute Gasteiger partial charge is 0.469 e. The number of methoxy groups -OCH3 is 2. The molecule has 11 nitrogen and oxygen atoms in total. The number of fused-ring (bicyclic) bond motifs is 3. The Balaban J connectivity index is 1.29. The Bertz CT molecular complexity index is 1450. The number of benzene rings is 2. The third-order valence-corrected chi connectivity index (χ3v) is 10.1. The number of carbonyl (C=O) groups is 4. The first-order valence-corrected chi connectivity index (χ1v) is 15.3. The van der Waals surface area contributed by atoms with Crippen molar-refractivity contribution in [3.8, 4) is 0 Å². The summed E-state index contributed by atoms with van der Waals surface area (Å²) in [5.41, 5.74) is 0. The molecule has 2 amide bonds. The van der Waals surface area contributed by atoms with Crippen LogP contribution in [0.1, 0.15) is 25.7 Å². The van der Waals surface area contributed by atoms with Crippen LogP contribution in [-0.4, -0.2) is 87.4 Å². The van der Waals surface area contributed by atoms with Gasteiger partial charge < -0.3 is 19.3 Å². The number of ether oxygens (including phenoxy) is 2. The summed E-state index contributed by atoms with van der Waals surface area (Å²) in [6.45, 7) is 0.00832. The van der Waals surface area contributed by atoms with Crippen molar-refractivity contribution in [1.29, 1.82) is 0 Å². The van der Waals surface area contributed by atoms with E-state index in [0.717, 1.165) is 15.2 Å². The van der Waals surface area contributed by atoms with Crippen LogP contribution in [0.25, 0.3) is 10.8 Å². The van der Waals surface area contributed by atoms with Crippen LogP contribution in [0, 0.1) is 11.8 Å². The van der Waals surface area contributed by atoms with Gasteiger partial charge in [-0.3, -0.25) is 19.2 Å². The van der Waals surface area contributed by atoms with E-state index in [9.17, 15) is 27.6 Å². The van der Waals surface area contributed by atoms with Crippen LogP contribution in [0.15, 0.2) is 45.8 Å². The zero-order valence-corrected chi connectivity index (χ0v) is 24.4. The first kappa shape index (κ1) is 28.5. The van der Waals surface area contributed by atoms with Gasteiger partial charge in [0.15, 0.2) is 0 Å². The fourth-order valence-electron chi connectivity index (χ4n) is 6.37. The number of carbonyl (C=O) groups excluding carboxylic acids is 4. The van der Waals surface area contributed by atoms with E-state index in [-0.39, 0.29) is 18.0 Å². The molecule has 3 heterocycles. The van der Waals surface area contributed by atoms with E-state index in [0.29, 0.717) is 25.7 Å². The van der Waals surface area contributed by atoms with Gasteiger partial charge in [0.1, 0.15) is 6.04 Å². The molecule has 2 aromatic rings. The number of piperidine rings is 1. The fourth-order valence-corrected chi connectivity index (χ4v) is 8.01. The molecule has 1 N–H and O–H groups in total. The monoisotopic (exact) mass is 635 g/mol. The number of nitrogens with zero attached hydrogens (tertiary/aromatic N) is 2. The third-order valence-electron chi connectivity index (χ3n) is 8.16. The van der Waals surface area contributed by atoms with Crippen molar-refractivity contribution < 1.29 is 37.1 Å². The molecule has 0 radical (unpaired) electrons. The molecule has 5 atom stereocenters. The van der Waals surface area contributed by atoms with E-state index in [2.05, 4.69) is 20.7 Å². The molecule has 13 heteroatoms. The second kappa shape index (κ2) is 11.1. The molecule has 4 unspecified atom stereocenters. The quantitative estimate of drug-likeness (QED) is 0.455. The lowest BCUT2D eigenvalue weighted by Crippen LogP contribution is -2.55. The Morgan fingerprint density at radius 1 is 0.950 bits per heavy atom. The number of rotatable bonds is 7. The van der Waals surface area contributed by atoms with Crippen LogP contribution in [0.3, 0.4) is 0 Å². The molecule has 3 saturated heterocycles. The van der Waals surface area contributed by atoms with Crippen LogP contribution in [0.2, 0.25) is 0 Å². The van der Waals surface area contributed by atoms with Crippen molar-refractivity contribution in [2.75, 3.05) is 27.3 Å². The van der Waals surface area contributed by atoms with Gasteiger partial charge in [0, 0.05) is 23.1 Å². The van der Waals surface area contributed by atoms with E-state index in [4.69, 9.17) is 9.47 Å². The lowest BCUT2D eigenvalue weighted by atomic mass is 9.79. The molecule has 3 fully saturated rings. The summed E-state index contributed by atoms with van der Waals surface area (Å²) in [6.07, 6.45) is 1.86. The van der Waals surface area contributed by atoms with Crippen LogP contribution in [-0.2, 0) is 38.7 Å². The predicted octanol–water partition coefficient (Wildman–Crippen LogP) is 1.82. The van der Waals surface area contributed by atoms with E-state index >= 15 is 0 Å². The molecule has 214 valence electrons. The number of hydrogen-bond donors (Lipinski definition) is 1. The Labute approximate surface area is 240 Å². The average molecular weight is 637 g/mol. The van der Waals surface area contributed by atoms with Crippen LogP contribution >= 0.6 is 15.9 Å². The van der Waals surface area contributed by atoms with Crippen LogP contribution < -0.4 is 4.72 Å². The number of esters is 2. The summed E-state index contributed by atoms with van der Waals surface area (Å²) in [7, 11) is -1.55. The number of halogens is 1. The molecule has 0 spiro atoms. The van der Waals surface area contributed by atoms with Crippen molar-refractivity contribution in [1.82, 2.24) is 14.5 Å². The maximum absolute atomic E-state index is 13.5. The zero-order valence-electron chi connectivity index (χ0n) is 22.0. The van der Waals surface area contributed by atoms with Crippen molar-refractivity contribution in [3.63, 3.8) is 0 Å². The van der Waals surface area contributed by atoms with Crippen molar-refractivity contribution >= 4 is 60.5 Å². The maximum atomic E-state index is 13.5. The van der Waals surface area contributed by atoms with E-state index in [1.165, 1.54) is 30.1 Å². The Morgan fingerprint density at radius 3 is 2.17 bits per heavy atom. The molecular weight excluding hydrogens is 606 g/mol. The van der Waals surface area contributed by atoms with Crippen LogP contribution in [0.5, 0.6) is 0 Å². The molecular formula is C27H30BrN3O8S. The van der Waals surface area contributed by atoms with Crippen molar-refractivity contribution in [2.24, 2.45) is 11.8 Å². The van der Waals surface area contributed by atoms with E-state index in [1.54, 1.807) is 18.2 Å². The lowest BCUT2D eigenvalue weighted by Gasteiger charge is -2.34. The zero-order chi connectivity index (χ0) is 28.8. The normalized spacial score (nSPS) is 26.3. The molecule has 0 saturated carbocycles. The van der Waals surface area contributed by atoms with Gasteiger partial charge in [-0.15, -0.1) is 0 Å². The number of sulfonamides is 1. The SMILES string of the molecule is COC(=O)C1C(C(=O)OC)C2CCC1N2C(=O)CN1CCC[C@H](NS(=O)(=O)c2ccc3cc(Br)ccc3c2)C1=O. The van der Waals surface area contributed by atoms with Gasteiger partial charge in [0.05, 0.1) is 37.5 Å². The highest BCUT2D eigenvalue weighted by atomic mass is 79.9. The van der Waals surface area contributed by atoms with Gasteiger partial charge in [-0.25, -0.2) is 8.42 Å². The summed E-state index contributed by atoms with van der Waals surface area (Å²) < 4.78 is 39.6. The molecule has 40 heavy (non-hydrogen) atoms. The van der Waals surface area contributed by atoms with Crippen molar-refractivity contribution in [2.45, 2.75) is 48.7 Å². The Hall–Kier alpha value is -3.03. The fraction of sp³-hybridized carbons (Fsp3) is 0.481. The summed E-state index contributed by atoms with van der Waals surface area (Å²) in [4.78, 5) is 54.8. The Kier molecular flexibility index (Phi) is 7.90. The lowest BCUT2D eigenvalue weighted by molar-refractivity contribution is -0.157. The highest BCUT2D eigenvalue weighted by Gasteiger charge is 2.61. The van der Waals surface area contributed by atoms with E-state index < -0.39 is 63.7 Å². The minimum absolute atomic E-state index is 0.0414. The minimum atomic E-state index is -4.02. The molecule has 5 rings (SSSR count). The van der Waals surface area contributed by atoms with Crippen molar-refractivity contribution in [3.05, 3.63) is 40.9 Å². The summed E-state index contributed by atoms with van der Waals surface area (Å²) in [5, 5.41) is 1.61. The van der Waals surface area contributed by atoms with Gasteiger partial charge in [0.2, 0.25) is 21.8 Å². The van der Waals surface area contributed by atoms with Gasteiger partial charge in [-0.2, -0.15) is 4.72 Å². The smallest absolute Gasteiger partial charge is 0.311 e. The highest BCUT2D eigenvalue weighted by molar-refractivity contribution is 9.10. The predicted molar refractivity (Wildman–Crippen MR) is 146 cm³/mol. The van der Waals surface area contributed by atoms with Gasteiger partial charge in [-0.1, -0.05) is 28.1 Å². The second-order valence-electron chi connectivity index (χ2n) is 10.3. The first-order valence-electron chi connectivity index (χ1n) is 13.0. The first-order chi connectivity index (χ1) is 19.1. The molecule has 0 aliphatic carbocycles. The van der Waals surface area contributed by atoms with Gasteiger partial charge in [-0.05, 0) is 60.7 Å². The summed E-state index contributed by atoms with van der Waals surface area (Å²) in [6, 6.07) is 8.17. The summed E-state index contributed by atoms with van der Waals surface area (Å²) in [5.74, 6) is -3.71. The molecule has 2 bridgehead atoms. The summed E-state index contributed by atoms with van der Waals surface area (Å²) >= 11 is 3.40. The Morgan fingerprint density at radius 2 is 1.55 bits per heavy atom. The topological polar surface area (TPSA) is 139 Å². The molecule has 0 aromatic heterocycles. The number of likely N-dealkylation sites (tertiary alicyclic amines) is 1. The number of amides is 2. The van der Waals surface area contributed by atoms with Gasteiger partial charge >= 0.3 is 11.9 Å². The molecule has 2 aromatic carbocycles. The average Bonchev–Trinajstić information content (AvgIpc) is 3.50. The maximum Gasteiger partial charge on any atom is 0.311 e. The van der Waals surface area contributed by atoms with E-state index in [1.807, 2.05) is 12.1 Å². The third kappa shape index (κ3) is 5.10. The molecule has 3 aliphatic heterocycles.